The summed E-state index contributed by atoms with van der Waals surface area (Å²) in [5.74, 6) is 0.534. The summed E-state index contributed by atoms with van der Waals surface area (Å²) >= 11 is 0. The Morgan fingerprint density at radius 1 is 1.21 bits per heavy atom. The van der Waals surface area contributed by atoms with Crippen molar-refractivity contribution in [3.05, 3.63) is 23.8 Å². The first-order valence-corrected chi connectivity index (χ1v) is 7.89. The van der Waals surface area contributed by atoms with Gasteiger partial charge in [0, 0.05) is 13.1 Å². The van der Waals surface area contributed by atoms with Gasteiger partial charge in [-0.3, -0.25) is 4.72 Å². The maximum atomic E-state index is 12.3. The molecule has 0 unspecified atom stereocenters. The highest BCUT2D eigenvalue weighted by atomic mass is 32.2. The average molecular weight is 284 g/mol. The van der Waals surface area contributed by atoms with Gasteiger partial charge in [0.15, 0.2) is 0 Å². The number of anilines is 1. The first-order valence-electron chi connectivity index (χ1n) is 6.45. The number of ether oxygens (including phenoxy) is 1. The molecule has 0 bridgehead atoms. The van der Waals surface area contributed by atoms with Crippen LogP contribution < -0.4 is 9.46 Å². The number of piperidine rings is 1. The van der Waals surface area contributed by atoms with Crippen molar-refractivity contribution in [3.8, 4) is 5.75 Å². The number of rotatable bonds is 4. The lowest BCUT2D eigenvalue weighted by Crippen LogP contribution is -2.39. The lowest BCUT2D eigenvalue weighted by Gasteiger charge is -2.26. The molecule has 0 aliphatic carbocycles. The minimum Gasteiger partial charge on any atom is -0.495 e. The Hall–Kier alpha value is -1.27. The Balaban J connectivity index is 2.21. The molecular weight excluding hydrogens is 264 g/mol. The molecule has 2 rings (SSSR count). The van der Waals surface area contributed by atoms with Crippen LogP contribution >= 0.6 is 0 Å². The van der Waals surface area contributed by atoms with Gasteiger partial charge >= 0.3 is 10.2 Å². The van der Waals surface area contributed by atoms with Gasteiger partial charge in [-0.05, 0) is 37.5 Å². The van der Waals surface area contributed by atoms with Crippen LogP contribution in [0, 0.1) is 6.92 Å². The molecule has 5 nitrogen and oxygen atoms in total. The molecule has 0 aromatic heterocycles. The van der Waals surface area contributed by atoms with E-state index in [1.807, 2.05) is 13.0 Å². The highest BCUT2D eigenvalue weighted by Gasteiger charge is 2.24. The topological polar surface area (TPSA) is 58.6 Å². The van der Waals surface area contributed by atoms with Gasteiger partial charge in [0.1, 0.15) is 5.75 Å². The number of aryl methyl sites for hydroxylation is 1. The van der Waals surface area contributed by atoms with E-state index in [2.05, 4.69) is 4.72 Å². The molecule has 0 saturated carbocycles. The predicted molar refractivity (Wildman–Crippen MR) is 75.7 cm³/mol. The molecule has 0 radical (unpaired) electrons. The zero-order chi connectivity index (χ0) is 13.9. The molecule has 19 heavy (non-hydrogen) atoms. The van der Waals surface area contributed by atoms with Crippen LogP contribution in [-0.2, 0) is 10.2 Å². The summed E-state index contributed by atoms with van der Waals surface area (Å²) in [5.41, 5.74) is 1.48. The first-order chi connectivity index (χ1) is 9.03. The number of hydrogen-bond acceptors (Lipinski definition) is 3. The van der Waals surface area contributed by atoms with Crippen LogP contribution in [-0.4, -0.2) is 32.9 Å². The SMILES string of the molecule is COc1ccc(C)cc1NS(=O)(=O)N1CCCCC1. The van der Waals surface area contributed by atoms with E-state index < -0.39 is 10.2 Å². The Morgan fingerprint density at radius 3 is 2.53 bits per heavy atom. The van der Waals surface area contributed by atoms with Gasteiger partial charge in [-0.1, -0.05) is 12.5 Å². The molecular formula is C13H20N2O3S. The predicted octanol–water partition coefficient (Wildman–Crippen LogP) is 2.15. The third-order valence-corrected chi connectivity index (χ3v) is 4.77. The fourth-order valence-corrected chi connectivity index (χ4v) is 3.52. The van der Waals surface area contributed by atoms with E-state index >= 15 is 0 Å². The Labute approximate surface area is 114 Å². The second-order valence-electron chi connectivity index (χ2n) is 4.77. The minimum atomic E-state index is -3.48. The number of nitrogens with zero attached hydrogens (tertiary/aromatic N) is 1. The van der Waals surface area contributed by atoms with E-state index in [9.17, 15) is 8.42 Å². The fraction of sp³-hybridized carbons (Fsp3) is 0.538. The normalized spacial score (nSPS) is 17.2. The van der Waals surface area contributed by atoms with Crippen LogP contribution in [0.2, 0.25) is 0 Å². The summed E-state index contributed by atoms with van der Waals surface area (Å²) < 4.78 is 33.9. The van der Waals surface area contributed by atoms with Gasteiger partial charge in [-0.2, -0.15) is 12.7 Å². The first kappa shape index (κ1) is 14.1. The molecule has 0 spiro atoms. The third kappa shape index (κ3) is 3.39. The molecule has 1 N–H and O–H groups in total. The molecule has 0 atom stereocenters. The van der Waals surface area contributed by atoms with E-state index in [4.69, 9.17) is 4.74 Å². The largest absolute Gasteiger partial charge is 0.495 e. The molecule has 1 aliphatic heterocycles. The lowest BCUT2D eigenvalue weighted by atomic mass is 10.2. The minimum absolute atomic E-state index is 0.494. The van der Waals surface area contributed by atoms with Gasteiger partial charge in [0.25, 0.3) is 0 Å². The number of nitrogens with one attached hydrogen (secondary N) is 1. The van der Waals surface area contributed by atoms with E-state index in [0.29, 0.717) is 24.5 Å². The van der Waals surface area contributed by atoms with Crippen molar-refractivity contribution >= 4 is 15.9 Å². The van der Waals surface area contributed by atoms with E-state index in [0.717, 1.165) is 24.8 Å². The van der Waals surface area contributed by atoms with Crippen LogP contribution in [0.4, 0.5) is 5.69 Å². The van der Waals surface area contributed by atoms with Crippen molar-refractivity contribution in [2.45, 2.75) is 26.2 Å². The van der Waals surface area contributed by atoms with Crippen LogP contribution in [0.1, 0.15) is 24.8 Å². The molecule has 106 valence electrons. The van der Waals surface area contributed by atoms with E-state index in [1.54, 1.807) is 12.1 Å². The molecule has 1 aliphatic rings. The number of hydrogen-bond donors (Lipinski definition) is 1. The van der Waals surface area contributed by atoms with Crippen LogP contribution in [0.5, 0.6) is 5.75 Å². The van der Waals surface area contributed by atoms with Crippen molar-refractivity contribution < 1.29 is 13.2 Å². The van der Waals surface area contributed by atoms with Crippen LogP contribution in [0.3, 0.4) is 0 Å². The van der Waals surface area contributed by atoms with Crippen molar-refractivity contribution in [1.29, 1.82) is 0 Å². The highest BCUT2D eigenvalue weighted by molar-refractivity contribution is 7.90. The summed E-state index contributed by atoms with van der Waals surface area (Å²) in [5, 5.41) is 0. The van der Waals surface area contributed by atoms with E-state index in [-0.39, 0.29) is 0 Å². The number of methoxy groups -OCH3 is 1. The van der Waals surface area contributed by atoms with Gasteiger partial charge in [-0.15, -0.1) is 0 Å². The molecule has 6 heteroatoms. The Morgan fingerprint density at radius 2 is 1.89 bits per heavy atom. The third-order valence-electron chi connectivity index (χ3n) is 3.25. The van der Waals surface area contributed by atoms with Crippen LogP contribution in [0.25, 0.3) is 0 Å². The average Bonchev–Trinajstić information content (AvgIpc) is 2.39. The summed E-state index contributed by atoms with van der Waals surface area (Å²) in [4.78, 5) is 0. The van der Waals surface area contributed by atoms with Crippen LogP contribution in [0.15, 0.2) is 18.2 Å². The van der Waals surface area contributed by atoms with Gasteiger partial charge < -0.3 is 4.74 Å². The van der Waals surface area contributed by atoms with Gasteiger partial charge in [0.2, 0.25) is 0 Å². The van der Waals surface area contributed by atoms with Crippen molar-refractivity contribution in [3.63, 3.8) is 0 Å². The van der Waals surface area contributed by atoms with Crippen molar-refractivity contribution in [2.75, 3.05) is 24.9 Å². The molecule has 0 amide bonds. The number of benzene rings is 1. The lowest BCUT2D eigenvalue weighted by molar-refractivity contribution is 0.348. The van der Waals surface area contributed by atoms with Gasteiger partial charge in [0.05, 0.1) is 12.8 Å². The Bertz CT molecular complexity index is 537. The van der Waals surface area contributed by atoms with Crippen molar-refractivity contribution in [1.82, 2.24) is 4.31 Å². The zero-order valence-corrected chi connectivity index (χ0v) is 12.2. The Kier molecular flexibility index (Phi) is 4.31. The quantitative estimate of drug-likeness (QED) is 0.921. The summed E-state index contributed by atoms with van der Waals surface area (Å²) in [6, 6.07) is 5.43. The maximum absolute atomic E-state index is 12.3. The second kappa shape index (κ2) is 5.79. The van der Waals surface area contributed by atoms with E-state index in [1.165, 1.54) is 11.4 Å². The monoisotopic (exact) mass is 284 g/mol. The zero-order valence-electron chi connectivity index (χ0n) is 11.3. The van der Waals surface area contributed by atoms with Gasteiger partial charge in [-0.25, -0.2) is 0 Å². The molecule has 1 aromatic rings. The summed E-state index contributed by atoms with van der Waals surface area (Å²) in [7, 11) is -1.95. The molecule has 1 heterocycles. The summed E-state index contributed by atoms with van der Waals surface area (Å²) in [6.45, 7) is 3.09. The summed E-state index contributed by atoms with van der Waals surface area (Å²) in [6.07, 6.45) is 2.94. The fourth-order valence-electron chi connectivity index (χ4n) is 2.21. The molecule has 1 saturated heterocycles. The molecule has 1 fully saturated rings. The van der Waals surface area contributed by atoms with Crippen molar-refractivity contribution in [2.24, 2.45) is 0 Å². The molecule has 1 aromatic carbocycles. The maximum Gasteiger partial charge on any atom is 0.301 e. The standard InChI is InChI=1S/C13H20N2O3S/c1-11-6-7-13(18-2)12(10-11)14-19(16,17)15-8-4-3-5-9-15/h6-7,10,14H,3-5,8-9H2,1-2H3. The second-order valence-corrected chi connectivity index (χ2v) is 6.44. The smallest absolute Gasteiger partial charge is 0.301 e. The highest BCUT2D eigenvalue weighted by Crippen LogP contribution is 2.27.